The minimum Gasteiger partial charge on any atom is -0.496 e. The van der Waals surface area contributed by atoms with Gasteiger partial charge in [0.15, 0.2) is 5.96 Å². The van der Waals surface area contributed by atoms with Gasteiger partial charge in [-0.15, -0.1) is 0 Å². The van der Waals surface area contributed by atoms with Crippen molar-refractivity contribution >= 4 is 5.96 Å². The summed E-state index contributed by atoms with van der Waals surface area (Å²) >= 11 is 0. The van der Waals surface area contributed by atoms with Crippen LogP contribution in [0.15, 0.2) is 23.2 Å². The number of methoxy groups -OCH3 is 1. The molecule has 4 nitrogen and oxygen atoms in total. The van der Waals surface area contributed by atoms with E-state index in [1.165, 1.54) is 24.0 Å². The van der Waals surface area contributed by atoms with Crippen LogP contribution in [0.25, 0.3) is 0 Å². The molecule has 1 aromatic carbocycles. The Morgan fingerprint density at radius 2 is 2.09 bits per heavy atom. The Hall–Kier alpha value is -1.71. The molecule has 1 aliphatic heterocycles. The molecule has 1 aromatic rings. The third-order valence-corrected chi connectivity index (χ3v) is 4.41. The van der Waals surface area contributed by atoms with Gasteiger partial charge in [-0.3, -0.25) is 4.99 Å². The van der Waals surface area contributed by atoms with Crippen molar-refractivity contribution in [3.05, 3.63) is 29.3 Å². The maximum absolute atomic E-state index is 5.44. The van der Waals surface area contributed by atoms with E-state index in [1.807, 2.05) is 13.1 Å². The number of hydrogen-bond acceptors (Lipinski definition) is 2. The Bertz CT molecular complexity index is 505. The van der Waals surface area contributed by atoms with Crippen molar-refractivity contribution in [2.24, 2.45) is 10.9 Å². The summed E-state index contributed by atoms with van der Waals surface area (Å²) in [6, 6.07) is 6.33. The van der Waals surface area contributed by atoms with E-state index in [9.17, 15) is 0 Å². The molecule has 1 fully saturated rings. The summed E-state index contributed by atoms with van der Waals surface area (Å²) in [4.78, 5) is 6.80. The number of rotatable bonds is 4. The Morgan fingerprint density at radius 1 is 1.36 bits per heavy atom. The first kappa shape index (κ1) is 16.7. The molecular formula is C18H29N3O. The topological polar surface area (TPSA) is 36.9 Å². The van der Waals surface area contributed by atoms with Gasteiger partial charge in [-0.2, -0.15) is 0 Å². The lowest BCUT2D eigenvalue weighted by molar-refractivity contribution is 0.273. The number of nitrogens with one attached hydrogen (secondary N) is 1. The van der Waals surface area contributed by atoms with E-state index in [4.69, 9.17) is 4.74 Å². The Labute approximate surface area is 134 Å². The van der Waals surface area contributed by atoms with Crippen molar-refractivity contribution in [2.45, 2.75) is 33.1 Å². The van der Waals surface area contributed by atoms with E-state index < -0.39 is 0 Å². The van der Waals surface area contributed by atoms with E-state index in [2.05, 4.69) is 41.2 Å². The molecule has 0 bridgehead atoms. The zero-order valence-corrected chi connectivity index (χ0v) is 14.4. The maximum Gasteiger partial charge on any atom is 0.193 e. The van der Waals surface area contributed by atoms with E-state index in [-0.39, 0.29) is 0 Å². The van der Waals surface area contributed by atoms with Crippen LogP contribution in [0, 0.1) is 12.8 Å². The average Bonchev–Trinajstić information content (AvgIpc) is 2.53. The van der Waals surface area contributed by atoms with E-state index >= 15 is 0 Å². The molecule has 0 spiro atoms. The van der Waals surface area contributed by atoms with Crippen LogP contribution < -0.4 is 10.1 Å². The average molecular weight is 303 g/mol. The molecule has 0 aromatic heterocycles. The molecule has 1 N–H and O–H groups in total. The van der Waals surface area contributed by atoms with Crippen LogP contribution in [0.3, 0.4) is 0 Å². The number of benzene rings is 1. The lowest BCUT2D eigenvalue weighted by Gasteiger charge is -2.33. The first-order valence-electron chi connectivity index (χ1n) is 8.23. The Kier molecular flexibility index (Phi) is 6.10. The van der Waals surface area contributed by atoms with Crippen molar-refractivity contribution < 1.29 is 4.74 Å². The predicted octanol–water partition coefficient (Wildman–Crippen LogP) is 2.85. The molecule has 2 rings (SSSR count). The van der Waals surface area contributed by atoms with E-state index in [1.54, 1.807) is 7.11 Å². The van der Waals surface area contributed by atoms with Gasteiger partial charge in [0.1, 0.15) is 5.75 Å². The Morgan fingerprint density at radius 3 is 2.73 bits per heavy atom. The second kappa shape index (κ2) is 8.06. The zero-order chi connectivity index (χ0) is 15.9. The smallest absolute Gasteiger partial charge is 0.193 e. The third-order valence-electron chi connectivity index (χ3n) is 4.41. The number of guanidine groups is 1. The summed E-state index contributed by atoms with van der Waals surface area (Å²) in [6.45, 7) is 7.53. The highest BCUT2D eigenvalue weighted by molar-refractivity contribution is 5.79. The van der Waals surface area contributed by atoms with Gasteiger partial charge in [-0.1, -0.05) is 24.6 Å². The van der Waals surface area contributed by atoms with Gasteiger partial charge in [-0.25, -0.2) is 0 Å². The molecule has 0 amide bonds. The summed E-state index contributed by atoms with van der Waals surface area (Å²) < 4.78 is 5.44. The van der Waals surface area contributed by atoms with Crippen molar-refractivity contribution in [1.29, 1.82) is 0 Å². The maximum atomic E-state index is 5.44. The molecule has 1 heterocycles. The third kappa shape index (κ3) is 4.39. The molecule has 0 radical (unpaired) electrons. The zero-order valence-electron chi connectivity index (χ0n) is 14.4. The fourth-order valence-corrected chi connectivity index (χ4v) is 2.96. The number of aryl methyl sites for hydroxylation is 1. The molecular weight excluding hydrogens is 274 g/mol. The van der Waals surface area contributed by atoms with Gasteiger partial charge < -0.3 is 15.0 Å². The van der Waals surface area contributed by atoms with Gasteiger partial charge in [-0.05, 0) is 43.7 Å². The summed E-state index contributed by atoms with van der Waals surface area (Å²) in [6.07, 6.45) is 3.45. The monoisotopic (exact) mass is 303 g/mol. The van der Waals surface area contributed by atoms with E-state index in [0.29, 0.717) is 0 Å². The van der Waals surface area contributed by atoms with Crippen LogP contribution in [0.1, 0.15) is 30.9 Å². The molecule has 0 unspecified atom stereocenters. The van der Waals surface area contributed by atoms with Gasteiger partial charge in [0.05, 0.1) is 7.11 Å². The number of piperidine rings is 1. The summed E-state index contributed by atoms with van der Waals surface area (Å²) in [5.41, 5.74) is 2.52. The van der Waals surface area contributed by atoms with Crippen LogP contribution >= 0.6 is 0 Å². The largest absolute Gasteiger partial charge is 0.496 e. The SMILES string of the molecule is CN=C(NCCc1cc(C)ccc1OC)N1CCC(C)CC1. The summed E-state index contributed by atoms with van der Waals surface area (Å²) in [5, 5.41) is 3.49. The number of aliphatic imine (C=N–C) groups is 1. The number of nitrogens with zero attached hydrogens (tertiary/aromatic N) is 2. The molecule has 122 valence electrons. The van der Waals surface area contributed by atoms with Crippen molar-refractivity contribution in [2.75, 3.05) is 33.8 Å². The van der Waals surface area contributed by atoms with Crippen molar-refractivity contribution in [3.8, 4) is 5.75 Å². The van der Waals surface area contributed by atoms with Gasteiger partial charge in [0, 0.05) is 26.7 Å². The highest BCUT2D eigenvalue weighted by Gasteiger charge is 2.18. The Balaban J connectivity index is 1.88. The molecule has 4 heteroatoms. The minimum atomic E-state index is 0.839. The van der Waals surface area contributed by atoms with Gasteiger partial charge in [0.2, 0.25) is 0 Å². The van der Waals surface area contributed by atoms with Crippen molar-refractivity contribution in [3.63, 3.8) is 0 Å². The molecule has 0 saturated carbocycles. The van der Waals surface area contributed by atoms with Crippen LogP contribution in [-0.4, -0.2) is 44.7 Å². The molecule has 1 saturated heterocycles. The van der Waals surface area contributed by atoms with Gasteiger partial charge >= 0.3 is 0 Å². The number of likely N-dealkylation sites (tertiary alicyclic amines) is 1. The van der Waals surface area contributed by atoms with Crippen LogP contribution in [0.4, 0.5) is 0 Å². The fraction of sp³-hybridized carbons (Fsp3) is 0.611. The highest BCUT2D eigenvalue weighted by Crippen LogP contribution is 2.20. The molecule has 22 heavy (non-hydrogen) atoms. The quantitative estimate of drug-likeness (QED) is 0.686. The van der Waals surface area contributed by atoms with Gasteiger partial charge in [0.25, 0.3) is 0 Å². The van der Waals surface area contributed by atoms with Crippen molar-refractivity contribution in [1.82, 2.24) is 10.2 Å². The molecule has 0 atom stereocenters. The molecule has 1 aliphatic rings. The second-order valence-corrected chi connectivity index (χ2v) is 6.21. The normalized spacial score (nSPS) is 16.7. The first-order valence-corrected chi connectivity index (χ1v) is 8.23. The number of ether oxygens (including phenoxy) is 1. The summed E-state index contributed by atoms with van der Waals surface area (Å²) in [5.74, 6) is 2.83. The first-order chi connectivity index (χ1) is 10.6. The number of hydrogen-bond donors (Lipinski definition) is 1. The second-order valence-electron chi connectivity index (χ2n) is 6.21. The standard InChI is InChI=1S/C18H29N3O/c1-14-8-11-21(12-9-14)18(19-3)20-10-7-16-13-15(2)5-6-17(16)22-4/h5-6,13-14H,7-12H2,1-4H3,(H,19,20). The van der Waals surface area contributed by atoms with Crippen LogP contribution in [0.2, 0.25) is 0 Å². The highest BCUT2D eigenvalue weighted by atomic mass is 16.5. The molecule has 0 aliphatic carbocycles. The lowest BCUT2D eigenvalue weighted by Crippen LogP contribution is -2.45. The van der Waals surface area contributed by atoms with Crippen LogP contribution in [-0.2, 0) is 6.42 Å². The summed E-state index contributed by atoms with van der Waals surface area (Å²) in [7, 11) is 3.60. The minimum absolute atomic E-state index is 0.839. The fourth-order valence-electron chi connectivity index (χ4n) is 2.96. The predicted molar refractivity (Wildman–Crippen MR) is 92.8 cm³/mol. The lowest BCUT2D eigenvalue weighted by atomic mass is 9.99. The van der Waals surface area contributed by atoms with E-state index in [0.717, 1.165) is 43.7 Å². The van der Waals surface area contributed by atoms with Crippen LogP contribution in [0.5, 0.6) is 5.75 Å².